The predicted molar refractivity (Wildman–Crippen MR) is 78.8 cm³/mol. The number of aromatic nitrogens is 2. The van der Waals surface area contributed by atoms with Crippen LogP contribution in [0.1, 0.15) is 46.1 Å². The highest BCUT2D eigenvalue weighted by molar-refractivity contribution is 6.07. The average Bonchev–Trinajstić information content (AvgIpc) is 3.24. The average molecular weight is 281 g/mol. The van der Waals surface area contributed by atoms with Crippen molar-refractivity contribution in [2.45, 2.75) is 25.7 Å². The van der Waals surface area contributed by atoms with Crippen LogP contribution in [0.3, 0.4) is 0 Å². The normalized spacial score (nSPS) is 13.7. The van der Waals surface area contributed by atoms with Crippen LogP contribution >= 0.6 is 0 Å². The van der Waals surface area contributed by atoms with E-state index in [1.165, 1.54) is 0 Å². The van der Waals surface area contributed by atoms with Gasteiger partial charge >= 0.3 is 0 Å². The Morgan fingerprint density at radius 1 is 1.52 bits per heavy atom. The molecule has 2 aromatic rings. The number of nitrogens with zero attached hydrogens (tertiary/aromatic N) is 2. The van der Waals surface area contributed by atoms with Gasteiger partial charge in [-0.3, -0.25) is 9.89 Å². The number of nitrogens with two attached hydrogens (primary N) is 1. The molecule has 106 valence electrons. The maximum Gasteiger partial charge on any atom is 0.278 e. The number of carbonyl (C=O) groups excluding carboxylic acids is 1. The summed E-state index contributed by atoms with van der Waals surface area (Å²) in [4.78, 5) is 12.3. The third-order valence-electron chi connectivity index (χ3n) is 3.65. The molecule has 1 aromatic carbocycles. The summed E-state index contributed by atoms with van der Waals surface area (Å²) in [5.74, 6) is 0.0385. The van der Waals surface area contributed by atoms with Crippen molar-refractivity contribution in [1.29, 1.82) is 5.26 Å². The number of amides is 1. The summed E-state index contributed by atoms with van der Waals surface area (Å²) >= 11 is 0. The Morgan fingerprint density at radius 2 is 2.29 bits per heavy atom. The molecule has 1 aliphatic rings. The fourth-order valence-electron chi connectivity index (χ4n) is 2.23. The van der Waals surface area contributed by atoms with Crippen LogP contribution in [0.5, 0.6) is 0 Å². The molecular formula is C15H15N5O. The Balaban J connectivity index is 1.85. The highest BCUT2D eigenvalue weighted by Gasteiger charge is 2.30. The number of anilines is 2. The lowest BCUT2D eigenvalue weighted by molar-refractivity contribution is 0.102. The topological polar surface area (TPSA) is 108 Å². The van der Waals surface area contributed by atoms with Crippen molar-refractivity contribution < 1.29 is 4.79 Å². The van der Waals surface area contributed by atoms with E-state index in [4.69, 9.17) is 11.0 Å². The maximum atomic E-state index is 12.3. The highest BCUT2D eigenvalue weighted by Crippen LogP contribution is 2.42. The van der Waals surface area contributed by atoms with Crippen LogP contribution in [0, 0.1) is 18.3 Å². The summed E-state index contributed by atoms with van der Waals surface area (Å²) in [6.45, 7) is 1.86. The van der Waals surface area contributed by atoms with Crippen molar-refractivity contribution >= 4 is 17.3 Å². The van der Waals surface area contributed by atoms with Crippen LogP contribution in [-0.2, 0) is 0 Å². The zero-order valence-electron chi connectivity index (χ0n) is 11.6. The van der Waals surface area contributed by atoms with E-state index in [1.807, 2.05) is 13.0 Å². The summed E-state index contributed by atoms with van der Waals surface area (Å²) in [6, 6.07) is 7.18. The number of rotatable bonds is 3. The van der Waals surface area contributed by atoms with E-state index >= 15 is 0 Å². The van der Waals surface area contributed by atoms with Gasteiger partial charge < -0.3 is 11.1 Å². The largest absolute Gasteiger partial charge is 0.395 e. The molecule has 0 radical (unpaired) electrons. The molecule has 6 heteroatoms. The van der Waals surface area contributed by atoms with E-state index in [0.29, 0.717) is 22.9 Å². The molecule has 1 heterocycles. The number of aromatic amines is 1. The molecule has 0 bridgehead atoms. The first kappa shape index (κ1) is 13.2. The molecule has 4 N–H and O–H groups in total. The van der Waals surface area contributed by atoms with Crippen LogP contribution in [0.2, 0.25) is 0 Å². The number of hydrogen-bond acceptors (Lipinski definition) is 4. The molecule has 6 nitrogen and oxygen atoms in total. The molecule has 0 saturated heterocycles. The Labute approximate surface area is 122 Å². The summed E-state index contributed by atoms with van der Waals surface area (Å²) in [5.41, 5.74) is 9.42. The first-order chi connectivity index (χ1) is 10.1. The minimum Gasteiger partial charge on any atom is -0.395 e. The van der Waals surface area contributed by atoms with Crippen LogP contribution in [0.4, 0.5) is 11.4 Å². The minimum atomic E-state index is -0.367. The lowest BCUT2D eigenvalue weighted by Gasteiger charge is -2.07. The summed E-state index contributed by atoms with van der Waals surface area (Å²) in [5, 5.41) is 18.6. The van der Waals surface area contributed by atoms with Crippen molar-refractivity contribution in [1.82, 2.24) is 10.2 Å². The molecule has 0 aliphatic heterocycles. The van der Waals surface area contributed by atoms with Gasteiger partial charge in [0, 0.05) is 11.6 Å². The van der Waals surface area contributed by atoms with Crippen LogP contribution in [-0.4, -0.2) is 16.1 Å². The summed E-state index contributed by atoms with van der Waals surface area (Å²) in [6.07, 6.45) is 2.16. The number of aryl methyl sites for hydroxylation is 1. The number of carbonyl (C=O) groups is 1. The molecule has 1 fully saturated rings. The van der Waals surface area contributed by atoms with Crippen molar-refractivity contribution in [2.24, 2.45) is 0 Å². The number of nitrogen functional groups attached to an aromatic ring is 1. The number of nitrogens with one attached hydrogen (secondary N) is 2. The zero-order chi connectivity index (χ0) is 15.0. The second kappa shape index (κ2) is 4.94. The Hall–Kier alpha value is -2.81. The van der Waals surface area contributed by atoms with E-state index in [-0.39, 0.29) is 11.6 Å². The fraction of sp³-hybridized carbons (Fsp3) is 0.267. The Bertz CT molecular complexity index is 752. The van der Waals surface area contributed by atoms with E-state index < -0.39 is 0 Å². The molecule has 21 heavy (non-hydrogen) atoms. The lowest BCUT2D eigenvalue weighted by atomic mass is 10.1. The molecule has 3 rings (SSSR count). The molecule has 1 amide bonds. The van der Waals surface area contributed by atoms with Crippen molar-refractivity contribution in [3.05, 3.63) is 40.7 Å². The molecule has 1 saturated carbocycles. The maximum absolute atomic E-state index is 12.3. The zero-order valence-corrected chi connectivity index (χ0v) is 11.6. The molecule has 0 unspecified atom stereocenters. The molecule has 0 spiro atoms. The fourth-order valence-corrected chi connectivity index (χ4v) is 2.23. The van der Waals surface area contributed by atoms with E-state index in [0.717, 1.165) is 24.1 Å². The number of hydrogen-bond donors (Lipinski definition) is 3. The quantitative estimate of drug-likeness (QED) is 0.802. The molecular weight excluding hydrogens is 266 g/mol. The Kier molecular flexibility index (Phi) is 3.10. The number of benzene rings is 1. The first-order valence-corrected chi connectivity index (χ1v) is 6.76. The van der Waals surface area contributed by atoms with E-state index in [9.17, 15) is 4.79 Å². The van der Waals surface area contributed by atoms with Gasteiger partial charge in [-0.15, -0.1) is 0 Å². The van der Waals surface area contributed by atoms with Gasteiger partial charge in [0.15, 0.2) is 5.69 Å². The van der Waals surface area contributed by atoms with Crippen molar-refractivity contribution in [3.63, 3.8) is 0 Å². The standard InChI is InChI=1S/C15H15N5O/c1-8-2-3-9(7-16)6-11(8)18-15(21)14-12(17)13(19-20-14)10-4-5-10/h2-3,6,10H,4-5,17H2,1H3,(H,18,21)(H,19,20). The van der Waals surface area contributed by atoms with Gasteiger partial charge in [-0.2, -0.15) is 10.4 Å². The Morgan fingerprint density at radius 3 is 2.95 bits per heavy atom. The van der Waals surface area contributed by atoms with Crippen molar-refractivity contribution in [3.8, 4) is 6.07 Å². The van der Waals surface area contributed by atoms with Crippen LogP contribution in [0.15, 0.2) is 18.2 Å². The second-order valence-electron chi connectivity index (χ2n) is 5.27. The van der Waals surface area contributed by atoms with Crippen LogP contribution < -0.4 is 11.1 Å². The van der Waals surface area contributed by atoms with E-state index in [2.05, 4.69) is 15.5 Å². The minimum absolute atomic E-state index is 0.207. The second-order valence-corrected chi connectivity index (χ2v) is 5.27. The molecule has 0 atom stereocenters. The molecule has 1 aliphatic carbocycles. The van der Waals surface area contributed by atoms with Crippen LogP contribution in [0.25, 0.3) is 0 Å². The highest BCUT2D eigenvalue weighted by atomic mass is 16.2. The van der Waals surface area contributed by atoms with Crippen molar-refractivity contribution in [2.75, 3.05) is 11.1 Å². The summed E-state index contributed by atoms with van der Waals surface area (Å²) < 4.78 is 0. The number of H-pyrrole nitrogens is 1. The van der Waals surface area contributed by atoms with Gasteiger partial charge in [-0.25, -0.2) is 0 Å². The monoisotopic (exact) mass is 281 g/mol. The smallest absolute Gasteiger partial charge is 0.278 e. The van der Waals surface area contributed by atoms with Gasteiger partial charge in [-0.05, 0) is 37.5 Å². The third-order valence-corrected chi connectivity index (χ3v) is 3.65. The van der Waals surface area contributed by atoms with Gasteiger partial charge in [0.05, 0.1) is 23.0 Å². The van der Waals surface area contributed by atoms with Gasteiger partial charge in [0.25, 0.3) is 5.91 Å². The lowest BCUT2D eigenvalue weighted by Crippen LogP contribution is -2.15. The van der Waals surface area contributed by atoms with Gasteiger partial charge in [0.2, 0.25) is 0 Å². The SMILES string of the molecule is Cc1ccc(C#N)cc1NC(=O)c1n[nH]c(C2CC2)c1N. The molecule has 1 aromatic heterocycles. The first-order valence-electron chi connectivity index (χ1n) is 6.76. The number of nitriles is 1. The summed E-state index contributed by atoms with van der Waals surface area (Å²) in [7, 11) is 0. The van der Waals surface area contributed by atoms with Gasteiger partial charge in [-0.1, -0.05) is 6.07 Å². The van der Waals surface area contributed by atoms with Gasteiger partial charge in [0.1, 0.15) is 0 Å². The van der Waals surface area contributed by atoms with E-state index in [1.54, 1.807) is 18.2 Å². The third kappa shape index (κ3) is 2.46. The predicted octanol–water partition coefficient (Wildman–Crippen LogP) is 2.30.